The number of carbonyl (C=O) groups excluding carboxylic acids is 1. The summed E-state index contributed by atoms with van der Waals surface area (Å²) in [5.41, 5.74) is 8.19. The highest BCUT2D eigenvalue weighted by molar-refractivity contribution is 5.80. The van der Waals surface area contributed by atoms with E-state index in [9.17, 15) is 4.79 Å². The van der Waals surface area contributed by atoms with Gasteiger partial charge in [0.05, 0.1) is 42.9 Å². The molecule has 4 rings (SSSR count). The molecule has 2 N–H and O–H groups in total. The Balaban J connectivity index is 1.47. The molecular formula is C17H20N4O2. The third-order valence-corrected chi connectivity index (χ3v) is 4.76. The molecule has 0 spiro atoms. The van der Waals surface area contributed by atoms with E-state index in [0.29, 0.717) is 23.2 Å². The minimum absolute atomic E-state index is 0.101. The van der Waals surface area contributed by atoms with Crippen LogP contribution in [0.4, 0.5) is 5.69 Å². The summed E-state index contributed by atoms with van der Waals surface area (Å²) >= 11 is 0. The minimum Gasteiger partial charge on any atom is -0.396 e. The molecule has 2 unspecified atom stereocenters. The van der Waals surface area contributed by atoms with Gasteiger partial charge in [0.15, 0.2) is 0 Å². The predicted molar refractivity (Wildman–Crippen MR) is 86.1 cm³/mol. The van der Waals surface area contributed by atoms with E-state index in [2.05, 4.69) is 5.10 Å². The predicted octanol–water partition coefficient (Wildman–Crippen LogP) is 1.10. The van der Waals surface area contributed by atoms with E-state index in [0.717, 1.165) is 32.0 Å². The Kier molecular flexibility index (Phi) is 3.53. The van der Waals surface area contributed by atoms with Crippen LogP contribution >= 0.6 is 0 Å². The summed E-state index contributed by atoms with van der Waals surface area (Å²) in [6.45, 7) is 3.14. The second-order valence-corrected chi connectivity index (χ2v) is 6.34. The van der Waals surface area contributed by atoms with E-state index in [1.54, 1.807) is 10.9 Å². The van der Waals surface area contributed by atoms with E-state index in [4.69, 9.17) is 10.5 Å². The third kappa shape index (κ3) is 2.70. The molecule has 3 heterocycles. The van der Waals surface area contributed by atoms with Crippen LogP contribution in [0.15, 0.2) is 36.5 Å². The SMILES string of the molecule is Nc1cn(-c2ccccc2)nc1CC(=O)N1CC2COCC2C1. The molecular weight excluding hydrogens is 292 g/mol. The molecule has 23 heavy (non-hydrogen) atoms. The molecule has 0 radical (unpaired) electrons. The topological polar surface area (TPSA) is 73.4 Å². The Morgan fingerprint density at radius 2 is 1.91 bits per heavy atom. The van der Waals surface area contributed by atoms with Gasteiger partial charge in [-0.15, -0.1) is 0 Å². The van der Waals surface area contributed by atoms with Crippen molar-refractivity contribution in [3.05, 3.63) is 42.2 Å². The van der Waals surface area contributed by atoms with Crippen LogP contribution in [0.1, 0.15) is 5.69 Å². The Bertz CT molecular complexity index is 701. The molecule has 1 amide bonds. The summed E-state index contributed by atoms with van der Waals surface area (Å²) < 4.78 is 7.18. The fraction of sp³-hybridized carbons (Fsp3) is 0.412. The summed E-state index contributed by atoms with van der Waals surface area (Å²) in [6, 6.07) is 9.76. The number of rotatable bonds is 3. The highest BCUT2D eigenvalue weighted by Gasteiger charge is 2.39. The zero-order valence-corrected chi connectivity index (χ0v) is 12.9. The number of para-hydroxylation sites is 1. The van der Waals surface area contributed by atoms with Crippen LogP contribution in [0, 0.1) is 11.8 Å². The second kappa shape index (κ2) is 5.70. The summed E-state index contributed by atoms with van der Waals surface area (Å²) in [5.74, 6) is 1.10. The maximum atomic E-state index is 12.5. The van der Waals surface area contributed by atoms with Crippen molar-refractivity contribution < 1.29 is 9.53 Å². The average Bonchev–Trinajstić information content (AvgIpc) is 3.23. The number of amides is 1. The smallest absolute Gasteiger partial charge is 0.228 e. The molecule has 2 saturated heterocycles. The van der Waals surface area contributed by atoms with Crippen molar-refractivity contribution in [1.82, 2.24) is 14.7 Å². The van der Waals surface area contributed by atoms with Gasteiger partial charge in [0.2, 0.25) is 5.91 Å². The number of anilines is 1. The van der Waals surface area contributed by atoms with E-state index in [1.807, 2.05) is 35.2 Å². The molecule has 0 aliphatic carbocycles. The molecule has 6 nitrogen and oxygen atoms in total. The highest BCUT2D eigenvalue weighted by Crippen LogP contribution is 2.29. The number of benzene rings is 1. The van der Waals surface area contributed by atoms with Crippen LogP contribution in [0.3, 0.4) is 0 Å². The van der Waals surface area contributed by atoms with Gasteiger partial charge in [-0.25, -0.2) is 4.68 Å². The van der Waals surface area contributed by atoms with Crippen LogP contribution in [0.5, 0.6) is 0 Å². The molecule has 0 saturated carbocycles. The first-order valence-electron chi connectivity index (χ1n) is 7.95. The zero-order chi connectivity index (χ0) is 15.8. The molecule has 2 aliphatic heterocycles. The first-order chi connectivity index (χ1) is 11.2. The Morgan fingerprint density at radius 1 is 1.22 bits per heavy atom. The maximum absolute atomic E-state index is 12.5. The normalized spacial score (nSPS) is 23.2. The highest BCUT2D eigenvalue weighted by atomic mass is 16.5. The van der Waals surface area contributed by atoms with E-state index in [-0.39, 0.29) is 12.3 Å². The molecule has 2 fully saturated rings. The van der Waals surface area contributed by atoms with Crippen molar-refractivity contribution in [2.24, 2.45) is 11.8 Å². The van der Waals surface area contributed by atoms with Gasteiger partial charge in [-0.2, -0.15) is 5.10 Å². The van der Waals surface area contributed by atoms with Gasteiger partial charge >= 0.3 is 0 Å². The number of hydrogen-bond acceptors (Lipinski definition) is 4. The number of nitrogen functional groups attached to an aromatic ring is 1. The van der Waals surface area contributed by atoms with Crippen molar-refractivity contribution in [1.29, 1.82) is 0 Å². The van der Waals surface area contributed by atoms with Gasteiger partial charge in [-0.05, 0) is 12.1 Å². The van der Waals surface area contributed by atoms with Crippen LogP contribution in [0.2, 0.25) is 0 Å². The Morgan fingerprint density at radius 3 is 2.61 bits per heavy atom. The molecule has 2 atom stereocenters. The van der Waals surface area contributed by atoms with E-state index < -0.39 is 0 Å². The van der Waals surface area contributed by atoms with Crippen molar-refractivity contribution in [3.8, 4) is 5.69 Å². The van der Waals surface area contributed by atoms with Gasteiger partial charge in [0, 0.05) is 24.9 Å². The van der Waals surface area contributed by atoms with Crippen molar-refractivity contribution >= 4 is 11.6 Å². The van der Waals surface area contributed by atoms with Gasteiger partial charge < -0.3 is 15.4 Å². The van der Waals surface area contributed by atoms with Crippen LogP contribution in [-0.2, 0) is 16.0 Å². The van der Waals surface area contributed by atoms with E-state index in [1.165, 1.54) is 0 Å². The zero-order valence-electron chi connectivity index (χ0n) is 12.9. The van der Waals surface area contributed by atoms with Gasteiger partial charge in [-0.1, -0.05) is 18.2 Å². The number of fused-ring (bicyclic) bond motifs is 1. The monoisotopic (exact) mass is 312 g/mol. The number of aromatic nitrogens is 2. The minimum atomic E-state index is 0.101. The second-order valence-electron chi connectivity index (χ2n) is 6.34. The van der Waals surface area contributed by atoms with E-state index >= 15 is 0 Å². The van der Waals surface area contributed by atoms with Crippen molar-refractivity contribution in [3.63, 3.8) is 0 Å². The lowest BCUT2D eigenvalue weighted by atomic mass is 10.0. The fourth-order valence-corrected chi connectivity index (χ4v) is 3.42. The number of ether oxygens (including phenoxy) is 1. The molecule has 2 aromatic rings. The van der Waals surface area contributed by atoms with Crippen molar-refractivity contribution in [2.75, 3.05) is 32.0 Å². The number of carbonyl (C=O) groups is 1. The van der Waals surface area contributed by atoms with Crippen LogP contribution < -0.4 is 5.73 Å². The Hall–Kier alpha value is -2.34. The molecule has 0 bridgehead atoms. The first-order valence-corrected chi connectivity index (χ1v) is 7.95. The lowest BCUT2D eigenvalue weighted by Crippen LogP contribution is -2.31. The molecule has 2 aliphatic rings. The standard InChI is InChI=1S/C17H20N4O2/c18-15-9-21(14-4-2-1-3-5-14)19-16(15)6-17(22)20-7-12-10-23-11-13(12)8-20/h1-5,9,12-13H,6-8,10-11,18H2. The quantitative estimate of drug-likeness (QED) is 0.921. The van der Waals surface area contributed by atoms with Crippen molar-refractivity contribution in [2.45, 2.75) is 6.42 Å². The molecule has 6 heteroatoms. The van der Waals surface area contributed by atoms with Gasteiger partial charge in [0.1, 0.15) is 0 Å². The maximum Gasteiger partial charge on any atom is 0.228 e. The largest absolute Gasteiger partial charge is 0.396 e. The van der Waals surface area contributed by atoms with Crippen LogP contribution in [0.25, 0.3) is 5.69 Å². The Labute approximate surface area is 134 Å². The number of nitrogens with two attached hydrogens (primary N) is 1. The summed E-state index contributed by atoms with van der Waals surface area (Å²) in [6.07, 6.45) is 2.02. The summed E-state index contributed by atoms with van der Waals surface area (Å²) in [4.78, 5) is 14.5. The average molecular weight is 312 g/mol. The fourth-order valence-electron chi connectivity index (χ4n) is 3.42. The number of nitrogens with zero attached hydrogens (tertiary/aromatic N) is 3. The molecule has 1 aromatic carbocycles. The molecule has 120 valence electrons. The summed E-state index contributed by atoms with van der Waals surface area (Å²) in [5, 5.41) is 4.48. The third-order valence-electron chi connectivity index (χ3n) is 4.76. The van der Waals surface area contributed by atoms with Gasteiger partial charge in [-0.3, -0.25) is 4.79 Å². The lowest BCUT2D eigenvalue weighted by Gasteiger charge is -2.16. The molecule has 1 aromatic heterocycles. The first kappa shape index (κ1) is 14.3. The van der Waals surface area contributed by atoms with Gasteiger partial charge in [0.25, 0.3) is 0 Å². The number of likely N-dealkylation sites (tertiary alicyclic amines) is 1. The number of hydrogen-bond donors (Lipinski definition) is 1. The lowest BCUT2D eigenvalue weighted by molar-refractivity contribution is -0.130. The summed E-state index contributed by atoms with van der Waals surface area (Å²) in [7, 11) is 0. The van der Waals surface area contributed by atoms with Crippen LogP contribution in [-0.4, -0.2) is 46.9 Å².